The molecule has 0 bridgehead atoms. The van der Waals surface area contributed by atoms with Gasteiger partial charge in [0.15, 0.2) is 0 Å². The molecule has 24 heavy (non-hydrogen) atoms. The van der Waals surface area contributed by atoms with Crippen molar-refractivity contribution in [3.05, 3.63) is 78.5 Å². The molecule has 5 nitrogen and oxygen atoms in total. The predicted molar refractivity (Wildman–Crippen MR) is 93.2 cm³/mol. The van der Waals surface area contributed by atoms with Gasteiger partial charge in [-0.1, -0.05) is 18.2 Å². The molecule has 1 amide bonds. The number of furan rings is 1. The lowest BCUT2D eigenvalue weighted by atomic mass is 10.2. The van der Waals surface area contributed by atoms with Gasteiger partial charge >= 0.3 is 0 Å². The predicted octanol–water partition coefficient (Wildman–Crippen LogP) is 3.76. The van der Waals surface area contributed by atoms with Crippen LogP contribution in [0.15, 0.2) is 71.5 Å². The number of nitrogens with zero attached hydrogens (tertiary/aromatic N) is 2. The molecule has 0 radical (unpaired) electrons. The first-order chi connectivity index (χ1) is 11.8. The van der Waals surface area contributed by atoms with Gasteiger partial charge in [0.25, 0.3) is 5.91 Å². The van der Waals surface area contributed by atoms with E-state index < -0.39 is 0 Å². The summed E-state index contributed by atoms with van der Waals surface area (Å²) in [5.74, 6) is 0.483. The average molecular weight is 321 g/mol. The van der Waals surface area contributed by atoms with Crippen LogP contribution in [-0.2, 0) is 6.54 Å². The van der Waals surface area contributed by atoms with E-state index in [1.54, 1.807) is 24.6 Å². The fourth-order valence-electron chi connectivity index (χ4n) is 2.50. The third-order valence-electron chi connectivity index (χ3n) is 3.68. The van der Waals surface area contributed by atoms with E-state index in [1.165, 1.54) is 0 Å². The van der Waals surface area contributed by atoms with Crippen LogP contribution in [0.3, 0.4) is 0 Å². The zero-order chi connectivity index (χ0) is 16.8. The van der Waals surface area contributed by atoms with Crippen LogP contribution in [0.25, 0.3) is 0 Å². The quantitative estimate of drug-likeness (QED) is 0.751. The monoisotopic (exact) mass is 321 g/mol. The van der Waals surface area contributed by atoms with Crippen molar-refractivity contribution in [2.75, 3.05) is 11.4 Å². The highest BCUT2D eigenvalue weighted by Gasteiger charge is 2.12. The van der Waals surface area contributed by atoms with Gasteiger partial charge in [0.2, 0.25) is 0 Å². The number of para-hydroxylation sites is 1. The van der Waals surface area contributed by atoms with Crippen LogP contribution in [0.5, 0.6) is 0 Å². The first kappa shape index (κ1) is 15.8. The number of rotatable bonds is 6. The molecule has 5 heteroatoms. The maximum atomic E-state index is 12.3. The lowest BCUT2D eigenvalue weighted by Crippen LogP contribution is -2.24. The number of anilines is 2. The summed E-state index contributed by atoms with van der Waals surface area (Å²) in [6, 6.07) is 17.4. The molecule has 0 saturated carbocycles. The third-order valence-corrected chi connectivity index (χ3v) is 3.68. The molecule has 1 N–H and O–H groups in total. The van der Waals surface area contributed by atoms with E-state index in [9.17, 15) is 4.79 Å². The zero-order valence-electron chi connectivity index (χ0n) is 13.5. The standard InChI is InChI=1S/C19H19N3O2/c1-2-22(15-7-4-3-5-8-15)16-10-11-20-18(13-16)19(23)21-14-17-9-6-12-24-17/h3-13H,2,14H2,1H3,(H,21,23). The topological polar surface area (TPSA) is 58.4 Å². The Morgan fingerprint density at radius 1 is 1.12 bits per heavy atom. The number of benzene rings is 1. The SMILES string of the molecule is CCN(c1ccccc1)c1ccnc(C(=O)NCc2ccco2)c1. The van der Waals surface area contributed by atoms with E-state index in [2.05, 4.69) is 22.1 Å². The maximum absolute atomic E-state index is 12.3. The second-order valence-electron chi connectivity index (χ2n) is 5.24. The second-order valence-corrected chi connectivity index (χ2v) is 5.24. The Balaban J connectivity index is 1.76. The third kappa shape index (κ3) is 3.63. The van der Waals surface area contributed by atoms with Gasteiger partial charge in [-0.15, -0.1) is 0 Å². The Hall–Kier alpha value is -3.08. The van der Waals surface area contributed by atoms with Crippen LogP contribution in [0.2, 0.25) is 0 Å². The van der Waals surface area contributed by atoms with Crippen LogP contribution in [0.4, 0.5) is 11.4 Å². The molecule has 2 heterocycles. The van der Waals surface area contributed by atoms with E-state index >= 15 is 0 Å². The van der Waals surface area contributed by atoms with Crippen LogP contribution < -0.4 is 10.2 Å². The number of pyridine rings is 1. The van der Waals surface area contributed by atoms with Crippen LogP contribution in [0, 0.1) is 0 Å². The summed E-state index contributed by atoms with van der Waals surface area (Å²) in [5.41, 5.74) is 2.39. The van der Waals surface area contributed by atoms with Crippen molar-refractivity contribution < 1.29 is 9.21 Å². The summed E-state index contributed by atoms with van der Waals surface area (Å²) >= 11 is 0. The van der Waals surface area contributed by atoms with Crippen molar-refractivity contribution in [3.8, 4) is 0 Å². The lowest BCUT2D eigenvalue weighted by Gasteiger charge is -2.23. The van der Waals surface area contributed by atoms with E-state index in [1.807, 2.05) is 42.5 Å². The van der Waals surface area contributed by atoms with Crippen molar-refractivity contribution >= 4 is 17.3 Å². The molecule has 0 unspecified atom stereocenters. The number of hydrogen-bond donors (Lipinski definition) is 1. The Bertz CT molecular complexity index is 785. The molecule has 0 saturated heterocycles. The molecule has 1 aromatic carbocycles. The Kier molecular flexibility index (Phi) is 4.91. The molecule has 0 fully saturated rings. The van der Waals surface area contributed by atoms with Gasteiger partial charge in [-0.25, -0.2) is 0 Å². The maximum Gasteiger partial charge on any atom is 0.270 e. The molecule has 2 aromatic heterocycles. The van der Waals surface area contributed by atoms with E-state index in [-0.39, 0.29) is 5.91 Å². The minimum absolute atomic E-state index is 0.225. The lowest BCUT2D eigenvalue weighted by molar-refractivity contribution is 0.0943. The fourth-order valence-corrected chi connectivity index (χ4v) is 2.50. The Morgan fingerprint density at radius 2 is 1.96 bits per heavy atom. The highest BCUT2D eigenvalue weighted by molar-refractivity contribution is 5.93. The molecule has 0 aliphatic heterocycles. The average Bonchev–Trinajstić information content (AvgIpc) is 3.15. The van der Waals surface area contributed by atoms with Crippen molar-refractivity contribution in [2.45, 2.75) is 13.5 Å². The van der Waals surface area contributed by atoms with Crippen LogP contribution in [0.1, 0.15) is 23.2 Å². The summed E-state index contributed by atoms with van der Waals surface area (Å²) in [7, 11) is 0. The highest BCUT2D eigenvalue weighted by Crippen LogP contribution is 2.24. The number of hydrogen-bond acceptors (Lipinski definition) is 4. The minimum atomic E-state index is -0.225. The molecule has 3 rings (SSSR count). The van der Waals surface area contributed by atoms with Gasteiger partial charge in [-0.05, 0) is 43.3 Å². The Labute approximate surface area is 140 Å². The van der Waals surface area contributed by atoms with Crippen molar-refractivity contribution in [2.24, 2.45) is 0 Å². The molecule has 122 valence electrons. The smallest absolute Gasteiger partial charge is 0.270 e. The van der Waals surface area contributed by atoms with Gasteiger partial charge in [0.1, 0.15) is 11.5 Å². The van der Waals surface area contributed by atoms with Gasteiger partial charge in [-0.3, -0.25) is 9.78 Å². The van der Waals surface area contributed by atoms with Gasteiger partial charge < -0.3 is 14.6 Å². The summed E-state index contributed by atoms with van der Waals surface area (Å²) in [6.45, 7) is 3.21. The summed E-state index contributed by atoms with van der Waals surface area (Å²) in [6.07, 6.45) is 3.24. The molecular formula is C19H19N3O2. The van der Waals surface area contributed by atoms with Crippen molar-refractivity contribution in [1.82, 2.24) is 10.3 Å². The number of carbonyl (C=O) groups excluding carboxylic acids is 1. The number of amides is 1. The summed E-state index contributed by atoms with van der Waals surface area (Å²) < 4.78 is 5.21. The normalized spacial score (nSPS) is 10.4. The molecule has 3 aromatic rings. The summed E-state index contributed by atoms with van der Waals surface area (Å²) in [5, 5.41) is 2.81. The summed E-state index contributed by atoms with van der Waals surface area (Å²) in [4.78, 5) is 18.6. The fraction of sp³-hybridized carbons (Fsp3) is 0.158. The van der Waals surface area contributed by atoms with Gasteiger partial charge in [0.05, 0.1) is 12.8 Å². The largest absolute Gasteiger partial charge is 0.467 e. The highest BCUT2D eigenvalue weighted by atomic mass is 16.3. The molecule has 0 aliphatic carbocycles. The number of aromatic nitrogens is 1. The molecular weight excluding hydrogens is 302 g/mol. The van der Waals surface area contributed by atoms with Crippen molar-refractivity contribution in [1.29, 1.82) is 0 Å². The molecule has 0 spiro atoms. The van der Waals surface area contributed by atoms with E-state index in [0.717, 1.165) is 17.9 Å². The number of nitrogens with one attached hydrogen (secondary N) is 1. The first-order valence-corrected chi connectivity index (χ1v) is 7.87. The van der Waals surface area contributed by atoms with Gasteiger partial charge in [0, 0.05) is 24.1 Å². The van der Waals surface area contributed by atoms with E-state index in [4.69, 9.17) is 4.42 Å². The Morgan fingerprint density at radius 3 is 2.67 bits per heavy atom. The number of carbonyl (C=O) groups is 1. The zero-order valence-corrected chi connectivity index (χ0v) is 13.5. The minimum Gasteiger partial charge on any atom is -0.467 e. The van der Waals surface area contributed by atoms with Crippen LogP contribution >= 0.6 is 0 Å². The first-order valence-electron chi connectivity index (χ1n) is 7.87. The van der Waals surface area contributed by atoms with Gasteiger partial charge in [-0.2, -0.15) is 0 Å². The van der Waals surface area contributed by atoms with Crippen LogP contribution in [-0.4, -0.2) is 17.4 Å². The van der Waals surface area contributed by atoms with Crippen molar-refractivity contribution in [3.63, 3.8) is 0 Å². The van der Waals surface area contributed by atoms with E-state index in [0.29, 0.717) is 18.0 Å². The molecule has 0 atom stereocenters. The second kappa shape index (κ2) is 7.46. The molecule has 0 aliphatic rings.